The summed E-state index contributed by atoms with van der Waals surface area (Å²) < 4.78 is 5.58. The molecule has 0 saturated carbocycles. The predicted molar refractivity (Wildman–Crippen MR) is 104 cm³/mol. The minimum Gasteiger partial charge on any atom is -0.445 e. The van der Waals surface area contributed by atoms with Crippen molar-refractivity contribution in [3.8, 4) is 0 Å². The van der Waals surface area contributed by atoms with E-state index in [9.17, 15) is 9.59 Å². The molecule has 2 heterocycles. The largest absolute Gasteiger partial charge is 0.445 e. The van der Waals surface area contributed by atoms with Crippen LogP contribution in [0.15, 0.2) is 48.5 Å². The van der Waals surface area contributed by atoms with Gasteiger partial charge in [-0.15, -0.1) is 0 Å². The van der Waals surface area contributed by atoms with E-state index in [4.69, 9.17) is 16.3 Å². The number of anilines is 1. The summed E-state index contributed by atoms with van der Waals surface area (Å²) >= 11 is 5.95. The van der Waals surface area contributed by atoms with Gasteiger partial charge in [-0.3, -0.25) is 4.79 Å². The van der Waals surface area contributed by atoms with E-state index in [0.717, 1.165) is 24.3 Å². The van der Waals surface area contributed by atoms with E-state index in [1.807, 2.05) is 36.4 Å². The molecule has 1 saturated heterocycles. The number of benzene rings is 2. The van der Waals surface area contributed by atoms with Crippen LogP contribution in [0, 0.1) is 0 Å². The topological polar surface area (TPSA) is 49.9 Å². The molecule has 27 heavy (non-hydrogen) atoms. The average Bonchev–Trinajstić information content (AvgIpc) is 2.68. The van der Waals surface area contributed by atoms with Crippen LogP contribution in [0.1, 0.15) is 22.8 Å². The summed E-state index contributed by atoms with van der Waals surface area (Å²) in [6, 6.07) is 15.0. The molecule has 140 valence electrons. The first-order valence-corrected chi connectivity index (χ1v) is 9.45. The highest BCUT2D eigenvalue weighted by Gasteiger charge is 2.45. The number of amides is 1. The molecule has 2 aliphatic heterocycles. The zero-order valence-corrected chi connectivity index (χ0v) is 15.9. The van der Waals surface area contributed by atoms with E-state index >= 15 is 0 Å². The molecule has 0 radical (unpaired) electrons. The molecule has 1 atom stereocenters. The highest BCUT2D eigenvalue weighted by Crippen LogP contribution is 2.30. The molecule has 1 unspecified atom stereocenters. The van der Waals surface area contributed by atoms with E-state index in [1.54, 1.807) is 24.0 Å². The molecule has 2 aromatic rings. The number of rotatable bonds is 2. The van der Waals surface area contributed by atoms with E-state index < -0.39 is 11.6 Å². The summed E-state index contributed by atoms with van der Waals surface area (Å²) in [7, 11) is 0. The second-order valence-corrected chi connectivity index (χ2v) is 7.65. The van der Waals surface area contributed by atoms with Gasteiger partial charge in [0.2, 0.25) is 0 Å². The summed E-state index contributed by atoms with van der Waals surface area (Å²) in [5.41, 5.74) is 1.36. The van der Waals surface area contributed by atoms with Crippen LogP contribution in [-0.4, -0.2) is 48.6 Å². The van der Waals surface area contributed by atoms with Gasteiger partial charge in [-0.25, -0.2) is 4.79 Å². The van der Waals surface area contributed by atoms with E-state index in [2.05, 4.69) is 4.90 Å². The Morgan fingerprint density at radius 3 is 2.41 bits per heavy atom. The molecule has 0 bridgehead atoms. The van der Waals surface area contributed by atoms with Gasteiger partial charge >= 0.3 is 5.97 Å². The van der Waals surface area contributed by atoms with Crippen molar-refractivity contribution in [3.05, 3.63) is 64.7 Å². The summed E-state index contributed by atoms with van der Waals surface area (Å²) in [4.78, 5) is 29.5. The van der Waals surface area contributed by atoms with Gasteiger partial charge < -0.3 is 14.5 Å². The number of nitrogens with zero attached hydrogens (tertiary/aromatic N) is 2. The van der Waals surface area contributed by atoms with Crippen molar-refractivity contribution in [2.24, 2.45) is 0 Å². The summed E-state index contributed by atoms with van der Waals surface area (Å²) in [5, 5.41) is 0.708. The molecule has 1 fully saturated rings. The van der Waals surface area contributed by atoms with Crippen molar-refractivity contribution in [1.82, 2.24) is 4.90 Å². The number of fused-ring (bicyclic) bond motifs is 1. The molecule has 5 nitrogen and oxygen atoms in total. The van der Waals surface area contributed by atoms with Crippen LogP contribution in [0.3, 0.4) is 0 Å². The average molecular weight is 385 g/mol. The lowest BCUT2D eigenvalue weighted by atomic mass is 9.88. The Kier molecular flexibility index (Phi) is 4.56. The lowest BCUT2D eigenvalue weighted by molar-refractivity contribution is -0.151. The number of piperazine rings is 1. The number of hydrogen-bond acceptors (Lipinski definition) is 4. The number of hydrogen-bond donors (Lipinski definition) is 0. The van der Waals surface area contributed by atoms with Crippen molar-refractivity contribution in [2.75, 3.05) is 31.1 Å². The minimum atomic E-state index is -1.14. The molecule has 0 spiro atoms. The molecule has 2 aliphatic rings. The van der Waals surface area contributed by atoms with Crippen molar-refractivity contribution in [2.45, 2.75) is 18.9 Å². The van der Waals surface area contributed by atoms with Gasteiger partial charge in [0, 0.05) is 43.3 Å². The Labute approximate surface area is 163 Å². The fraction of sp³-hybridized carbons (Fsp3) is 0.333. The van der Waals surface area contributed by atoms with E-state index in [1.165, 1.54) is 0 Å². The van der Waals surface area contributed by atoms with Crippen LogP contribution in [-0.2, 0) is 16.0 Å². The van der Waals surface area contributed by atoms with Gasteiger partial charge in [0.15, 0.2) is 5.60 Å². The number of carbonyl (C=O) groups excluding carboxylic acids is 2. The van der Waals surface area contributed by atoms with Crippen LogP contribution in [0.4, 0.5) is 5.69 Å². The molecule has 1 amide bonds. The number of ether oxygens (including phenoxy) is 1. The van der Waals surface area contributed by atoms with Crippen LogP contribution in [0.2, 0.25) is 5.02 Å². The molecule has 0 aromatic heterocycles. The van der Waals surface area contributed by atoms with Crippen LogP contribution in [0.25, 0.3) is 0 Å². The lowest BCUT2D eigenvalue weighted by Gasteiger charge is -2.41. The zero-order valence-electron chi connectivity index (χ0n) is 15.2. The number of cyclic esters (lactones) is 1. The van der Waals surface area contributed by atoms with Crippen molar-refractivity contribution in [3.63, 3.8) is 0 Å². The van der Waals surface area contributed by atoms with Crippen molar-refractivity contribution in [1.29, 1.82) is 0 Å². The van der Waals surface area contributed by atoms with Gasteiger partial charge in [0.1, 0.15) is 0 Å². The van der Waals surface area contributed by atoms with E-state index in [-0.39, 0.29) is 5.91 Å². The Bertz CT molecular complexity index is 875. The zero-order chi connectivity index (χ0) is 19.0. The molecular weight excluding hydrogens is 364 g/mol. The van der Waals surface area contributed by atoms with Crippen LogP contribution < -0.4 is 4.90 Å². The summed E-state index contributed by atoms with van der Waals surface area (Å²) in [6.45, 7) is 4.36. The smallest absolute Gasteiger partial charge is 0.339 e. The first kappa shape index (κ1) is 17.9. The molecule has 2 aromatic carbocycles. The fourth-order valence-corrected chi connectivity index (χ4v) is 3.93. The Hall–Kier alpha value is -2.53. The van der Waals surface area contributed by atoms with Crippen LogP contribution in [0.5, 0.6) is 0 Å². The molecule has 0 N–H and O–H groups in total. The molecule has 4 rings (SSSR count). The van der Waals surface area contributed by atoms with Gasteiger partial charge in [-0.1, -0.05) is 29.8 Å². The summed E-state index contributed by atoms with van der Waals surface area (Å²) in [6.07, 6.45) is 0.408. The predicted octanol–water partition coefficient (Wildman–Crippen LogP) is 3.16. The molecule has 0 aliphatic carbocycles. The first-order valence-electron chi connectivity index (χ1n) is 9.07. The maximum Gasteiger partial charge on any atom is 0.339 e. The maximum atomic E-state index is 13.1. The van der Waals surface area contributed by atoms with E-state index in [0.29, 0.717) is 30.1 Å². The second kappa shape index (κ2) is 6.89. The minimum absolute atomic E-state index is 0.124. The monoisotopic (exact) mass is 384 g/mol. The SMILES string of the molecule is CC1(C(=O)N2CCN(c3ccc(Cl)cc3)CC2)Cc2ccccc2C(=O)O1. The van der Waals surface area contributed by atoms with Crippen molar-refractivity contribution >= 4 is 29.2 Å². The second-order valence-electron chi connectivity index (χ2n) is 7.21. The fourth-order valence-electron chi connectivity index (χ4n) is 3.81. The Morgan fingerprint density at radius 2 is 1.70 bits per heavy atom. The first-order chi connectivity index (χ1) is 13.0. The number of halogens is 1. The van der Waals surface area contributed by atoms with Gasteiger partial charge in [-0.05, 0) is 42.8 Å². The van der Waals surface area contributed by atoms with Gasteiger partial charge in [0.25, 0.3) is 5.91 Å². The van der Waals surface area contributed by atoms with Gasteiger partial charge in [-0.2, -0.15) is 0 Å². The van der Waals surface area contributed by atoms with Gasteiger partial charge in [0.05, 0.1) is 5.56 Å². The molecule has 6 heteroatoms. The van der Waals surface area contributed by atoms with Crippen LogP contribution >= 0.6 is 11.6 Å². The third-order valence-corrected chi connectivity index (χ3v) is 5.55. The van der Waals surface area contributed by atoms with Crippen molar-refractivity contribution < 1.29 is 14.3 Å². The Morgan fingerprint density at radius 1 is 1.04 bits per heavy atom. The number of carbonyl (C=O) groups is 2. The highest BCUT2D eigenvalue weighted by molar-refractivity contribution is 6.30. The normalized spacial score (nSPS) is 22.2. The Balaban J connectivity index is 1.45. The standard InChI is InChI=1S/C21H21ClN2O3/c1-21(14-15-4-2-3-5-18(15)19(25)27-21)20(26)24-12-10-23(11-13-24)17-8-6-16(22)7-9-17/h2-9H,10-14H2,1H3. The quantitative estimate of drug-likeness (QED) is 0.746. The summed E-state index contributed by atoms with van der Waals surface area (Å²) in [5.74, 6) is -0.548. The number of esters is 1. The third-order valence-electron chi connectivity index (χ3n) is 5.29. The maximum absolute atomic E-state index is 13.1. The lowest BCUT2D eigenvalue weighted by Crippen LogP contribution is -2.58. The third kappa shape index (κ3) is 3.39. The highest BCUT2D eigenvalue weighted by atomic mass is 35.5. The molecular formula is C21H21ClN2O3.